The number of allylic oxidation sites excluding steroid dienone is 1. The number of ketones is 3. The van der Waals surface area contributed by atoms with Gasteiger partial charge in [0.05, 0.1) is 0 Å². The topological polar surface area (TPSA) is 51.2 Å². The number of hydrogen-bond donors (Lipinski definition) is 0. The van der Waals surface area contributed by atoms with Gasteiger partial charge >= 0.3 is 0 Å². The van der Waals surface area contributed by atoms with Crippen LogP contribution in [0.25, 0.3) is 0 Å². The van der Waals surface area contributed by atoms with Crippen LogP contribution in [0.4, 0.5) is 0 Å². The Morgan fingerprint density at radius 1 is 0.941 bits per heavy atom. The molecule has 0 aliphatic rings. The van der Waals surface area contributed by atoms with Gasteiger partial charge in [0.25, 0.3) is 0 Å². The number of hydrogen-bond acceptors (Lipinski definition) is 3. The molecule has 0 atom stereocenters. The summed E-state index contributed by atoms with van der Waals surface area (Å²) in [5.74, 6) is -0.0326. The van der Waals surface area contributed by atoms with Gasteiger partial charge in [-0.25, -0.2) is 0 Å². The fourth-order valence-electron chi connectivity index (χ4n) is 1.22. The lowest BCUT2D eigenvalue weighted by Crippen LogP contribution is -2.20. The van der Waals surface area contributed by atoms with Crippen LogP contribution >= 0.6 is 0 Å². The Morgan fingerprint density at radius 3 is 1.82 bits per heavy atom. The fourth-order valence-corrected chi connectivity index (χ4v) is 1.22. The number of rotatable bonds is 7. The minimum Gasteiger partial charge on any atom is -0.300 e. The quantitative estimate of drug-likeness (QED) is 0.641. The first kappa shape index (κ1) is 15.8. The fraction of sp³-hybridized carbons (Fsp3) is 0.643. The van der Waals surface area contributed by atoms with Gasteiger partial charge in [-0.05, 0) is 12.5 Å². The van der Waals surface area contributed by atoms with Gasteiger partial charge in [-0.2, -0.15) is 0 Å². The summed E-state index contributed by atoms with van der Waals surface area (Å²) in [7, 11) is 0. The van der Waals surface area contributed by atoms with Crippen molar-refractivity contribution in [1.29, 1.82) is 0 Å². The van der Waals surface area contributed by atoms with E-state index < -0.39 is 5.41 Å². The van der Waals surface area contributed by atoms with Crippen LogP contribution in [0.1, 0.15) is 53.4 Å². The molecule has 17 heavy (non-hydrogen) atoms. The Bertz CT molecular complexity index is 332. The van der Waals surface area contributed by atoms with Crippen molar-refractivity contribution in [1.82, 2.24) is 0 Å². The van der Waals surface area contributed by atoms with Crippen molar-refractivity contribution in [2.75, 3.05) is 0 Å². The highest BCUT2D eigenvalue weighted by Gasteiger charge is 2.21. The summed E-state index contributed by atoms with van der Waals surface area (Å²) in [5, 5.41) is 0. The normalized spacial score (nSPS) is 11.1. The average Bonchev–Trinajstić information content (AvgIpc) is 2.20. The van der Waals surface area contributed by atoms with E-state index >= 15 is 0 Å². The van der Waals surface area contributed by atoms with E-state index in [1.165, 1.54) is 0 Å². The molecule has 0 saturated heterocycles. The van der Waals surface area contributed by atoms with E-state index in [1.807, 2.05) is 20.8 Å². The zero-order chi connectivity index (χ0) is 13.6. The molecule has 0 heterocycles. The van der Waals surface area contributed by atoms with Crippen LogP contribution < -0.4 is 0 Å². The lowest BCUT2D eigenvalue weighted by atomic mass is 9.87. The zero-order valence-electron chi connectivity index (χ0n) is 11.3. The van der Waals surface area contributed by atoms with Crippen molar-refractivity contribution >= 4 is 17.3 Å². The molecule has 0 radical (unpaired) electrons. The summed E-state index contributed by atoms with van der Waals surface area (Å²) in [6, 6.07) is 0. The first-order chi connectivity index (χ1) is 7.64. The minimum absolute atomic E-state index is 0.0304. The van der Waals surface area contributed by atoms with E-state index in [0.717, 1.165) is 0 Å². The molecule has 0 saturated carbocycles. The molecule has 0 amide bonds. The van der Waals surface area contributed by atoms with Gasteiger partial charge in [0, 0.05) is 31.1 Å². The summed E-state index contributed by atoms with van der Waals surface area (Å²) in [5.41, 5.74) is 0.0805. The van der Waals surface area contributed by atoms with Gasteiger partial charge in [0.15, 0.2) is 5.78 Å². The largest absolute Gasteiger partial charge is 0.300 e. The van der Waals surface area contributed by atoms with Crippen LogP contribution in [-0.2, 0) is 14.4 Å². The Morgan fingerprint density at radius 2 is 1.41 bits per heavy atom. The summed E-state index contributed by atoms with van der Waals surface area (Å²) < 4.78 is 0. The molecule has 0 bridgehead atoms. The summed E-state index contributed by atoms with van der Waals surface area (Å²) in [6.07, 6.45) is 0.921. The maximum absolute atomic E-state index is 11.6. The second kappa shape index (κ2) is 6.48. The third-order valence-electron chi connectivity index (χ3n) is 2.57. The molecular weight excluding hydrogens is 216 g/mol. The molecule has 0 N–H and O–H groups in total. The predicted octanol–water partition coefficient (Wildman–Crippen LogP) is 2.88. The van der Waals surface area contributed by atoms with Crippen LogP contribution in [0, 0.1) is 5.41 Å². The van der Waals surface area contributed by atoms with Crippen molar-refractivity contribution < 1.29 is 14.4 Å². The lowest BCUT2D eigenvalue weighted by molar-refractivity contribution is -0.129. The van der Waals surface area contributed by atoms with Crippen molar-refractivity contribution in [3.8, 4) is 0 Å². The van der Waals surface area contributed by atoms with Crippen molar-refractivity contribution in [3.05, 3.63) is 12.2 Å². The molecule has 0 aliphatic carbocycles. The van der Waals surface area contributed by atoms with Crippen LogP contribution in [0.15, 0.2) is 12.2 Å². The van der Waals surface area contributed by atoms with E-state index in [2.05, 4.69) is 6.58 Å². The molecule has 0 unspecified atom stereocenters. The molecule has 0 aliphatic heterocycles. The molecule has 0 aromatic carbocycles. The molecule has 0 rings (SSSR count). The third kappa shape index (κ3) is 6.82. The van der Waals surface area contributed by atoms with Gasteiger partial charge in [0.1, 0.15) is 11.6 Å². The Hall–Kier alpha value is -1.25. The van der Waals surface area contributed by atoms with E-state index in [1.54, 1.807) is 6.92 Å². The standard InChI is InChI=1S/C14H22O3/c1-10(2)12(16)8-6-11(15)7-9-13(17)14(3,4)5/h1,6-9H2,2-5H3. The molecule has 0 aromatic heterocycles. The van der Waals surface area contributed by atoms with Crippen molar-refractivity contribution in [2.45, 2.75) is 53.4 Å². The molecule has 0 fully saturated rings. The van der Waals surface area contributed by atoms with Gasteiger partial charge in [-0.15, -0.1) is 0 Å². The molecule has 3 nitrogen and oxygen atoms in total. The van der Waals surface area contributed by atoms with Crippen LogP contribution in [-0.4, -0.2) is 17.3 Å². The lowest BCUT2D eigenvalue weighted by Gasteiger charge is -2.15. The summed E-state index contributed by atoms with van der Waals surface area (Å²) >= 11 is 0. The monoisotopic (exact) mass is 238 g/mol. The first-order valence-corrected chi connectivity index (χ1v) is 5.88. The third-order valence-corrected chi connectivity index (χ3v) is 2.57. The molecule has 96 valence electrons. The second-order valence-corrected chi connectivity index (χ2v) is 5.42. The highest BCUT2D eigenvalue weighted by Crippen LogP contribution is 2.18. The highest BCUT2D eigenvalue weighted by atomic mass is 16.1. The molecule has 0 spiro atoms. The van der Waals surface area contributed by atoms with Crippen LogP contribution in [0.2, 0.25) is 0 Å². The maximum atomic E-state index is 11.6. The Kier molecular flexibility index (Phi) is 6.00. The van der Waals surface area contributed by atoms with Crippen molar-refractivity contribution in [3.63, 3.8) is 0 Å². The minimum atomic E-state index is -0.395. The number of Topliss-reactive ketones (excluding diaryl/α,β-unsaturated/α-hetero) is 3. The maximum Gasteiger partial charge on any atom is 0.158 e. The van der Waals surface area contributed by atoms with Crippen LogP contribution in [0.3, 0.4) is 0 Å². The second-order valence-electron chi connectivity index (χ2n) is 5.42. The van der Waals surface area contributed by atoms with E-state index in [4.69, 9.17) is 0 Å². The Balaban J connectivity index is 3.94. The zero-order valence-corrected chi connectivity index (χ0v) is 11.3. The van der Waals surface area contributed by atoms with E-state index in [-0.39, 0.29) is 43.0 Å². The smallest absolute Gasteiger partial charge is 0.158 e. The van der Waals surface area contributed by atoms with Crippen molar-refractivity contribution in [2.24, 2.45) is 5.41 Å². The molecule has 3 heteroatoms. The van der Waals surface area contributed by atoms with Gasteiger partial charge < -0.3 is 0 Å². The molecular formula is C14H22O3. The Labute approximate surface area is 103 Å². The predicted molar refractivity (Wildman–Crippen MR) is 67.8 cm³/mol. The van der Waals surface area contributed by atoms with Crippen LogP contribution in [0.5, 0.6) is 0 Å². The summed E-state index contributed by atoms with van der Waals surface area (Å²) in [4.78, 5) is 34.3. The SMILES string of the molecule is C=C(C)C(=O)CCC(=O)CCC(=O)C(C)(C)C. The van der Waals surface area contributed by atoms with Gasteiger partial charge in [-0.3, -0.25) is 14.4 Å². The average molecular weight is 238 g/mol. The van der Waals surface area contributed by atoms with Gasteiger partial charge in [0.2, 0.25) is 0 Å². The molecule has 0 aromatic rings. The first-order valence-electron chi connectivity index (χ1n) is 5.88. The van der Waals surface area contributed by atoms with Gasteiger partial charge in [-0.1, -0.05) is 27.4 Å². The summed E-state index contributed by atoms with van der Waals surface area (Å²) in [6.45, 7) is 10.7. The van der Waals surface area contributed by atoms with E-state index in [0.29, 0.717) is 5.57 Å². The van der Waals surface area contributed by atoms with E-state index in [9.17, 15) is 14.4 Å². The highest BCUT2D eigenvalue weighted by molar-refractivity contribution is 5.97. The number of carbonyl (C=O) groups is 3. The number of carbonyl (C=O) groups excluding carboxylic acids is 3.